The molecule has 0 amide bonds. The molecule has 1 heterocycles. The fourth-order valence-corrected chi connectivity index (χ4v) is 4.89. The monoisotopic (exact) mass is 606 g/mol. The second-order valence-electron chi connectivity index (χ2n) is 9.65. The third kappa shape index (κ3) is 6.41. The van der Waals surface area contributed by atoms with E-state index in [0.717, 1.165) is 51.7 Å². The number of hydrogen-bond donors (Lipinski definition) is 0. The summed E-state index contributed by atoms with van der Waals surface area (Å²) >= 11 is 0. The fourth-order valence-electron chi connectivity index (χ4n) is 4.89. The van der Waals surface area contributed by atoms with Crippen molar-refractivity contribution in [3.05, 3.63) is 126 Å². The molecule has 40 heavy (non-hydrogen) atoms. The quantitative estimate of drug-likeness (QED) is 0.156. The predicted octanol–water partition coefficient (Wildman–Crippen LogP) is 6.89. The Morgan fingerprint density at radius 1 is 1.00 bits per heavy atom. The molecule has 0 saturated heterocycles. The number of allylic oxidation sites excluding steroid dienone is 1. The van der Waals surface area contributed by atoms with Crippen molar-refractivity contribution in [3.8, 4) is 22.6 Å². The predicted molar refractivity (Wildman–Crippen MR) is 152 cm³/mol. The number of fused-ring (bicyclic) bond motifs is 1. The van der Waals surface area contributed by atoms with Crippen LogP contribution in [0.5, 0.6) is 5.75 Å². The van der Waals surface area contributed by atoms with Gasteiger partial charge in [0, 0.05) is 10.2 Å². The van der Waals surface area contributed by atoms with Crippen molar-refractivity contribution in [2.45, 2.75) is 32.1 Å². The molecule has 4 aromatic carbocycles. The van der Waals surface area contributed by atoms with Gasteiger partial charge in [-0.1, -0.05) is 54.0 Å². The third-order valence-corrected chi connectivity index (χ3v) is 7.10. The minimum absolute atomic E-state index is 0. The van der Waals surface area contributed by atoms with Crippen LogP contribution in [0.2, 0.25) is 0 Å². The maximum Gasteiger partial charge on any atom is 1.00 e. The van der Waals surface area contributed by atoms with Crippen LogP contribution < -0.4 is 63.1 Å². The fraction of sp³-hybridized carbons (Fsp3) is 0.152. The van der Waals surface area contributed by atoms with Crippen molar-refractivity contribution in [2.75, 3.05) is 0 Å². The second-order valence-corrected chi connectivity index (χ2v) is 9.65. The summed E-state index contributed by atoms with van der Waals surface area (Å²) in [5, 5.41) is 3.81. The molecule has 0 bridgehead atoms. The Hall–Kier alpha value is -2.77. The summed E-state index contributed by atoms with van der Waals surface area (Å²) in [6, 6.07) is 30.0. The van der Waals surface area contributed by atoms with Crippen LogP contribution in [-0.2, 0) is 0 Å². The van der Waals surface area contributed by atoms with Gasteiger partial charge in [0.25, 0.3) is 0 Å². The van der Waals surface area contributed by atoms with E-state index in [2.05, 4.69) is 33.4 Å². The summed E-state index contributed by atoms with van der Waals surface area (Å²) in [5.41, 5.74) is 7.77. The minimum Gasteiger partial charge on any atom is -0.363 e. The molecule has 0 spiro atoms. The van der Waals surface area contributed by atoms with Crippen LogP contribution in [0.4, 0.5) is 14.6 Å². The zero-order chi connectivity index (χ0) is 27.4. The molecule has 4 nitrogen and oxygen atoms in total. The molecular formula is C33H27F2N2O2Rb. The van der Waals surface area contributed by atoms with E-state index in [4.69, 9.17) is 0 Å². The number of halogens is 2. The smallest absolute Gasteiger partial charge is 0.363 e. The number of aromatic nitrogens is 1. The van der Waals surface area contributed by atoms with E-state index in [-0.39, 0.29) is 69.8 Å². The Balaban J connectivity index is 0.000000262. The van der Waals surface area contributed by atoms with Gasteiger partial charge in [-0.2, -0.15) is 0 Å². The summed E-state index contributed by atoms with van der Waals surface area (Å²) in [6.45, 7) is 5.69. The second kappa shape index (κ2) is 13.7. The molecule has 1 fully saturated rings. The average molecular weight is 607 g/mol. The molecule has 1 saturated carbocycles. The molecule has 0 unspecified atom stereocenters. The Morgan fingerprint density at radius 3 is 2.23 bits per heavy atom. The molecule has 1 aliphatic carbocycles. The topological polar surface area (TPSA) is 43.6 Å². The maximum absolute atomic E-state index is 13.5. The van der Waals surface area contributed by atoms with E-state index < -0.39 is 0 Å². The van der Waals surface area contributed by atoms with Crippen LogP contribution in [0.3, 0.4) is 0 Å². The first-order valence-electron chi connectivity index (χ1n) is 12.8. The first-order chi connectivity index (χ1) is 19.0. The van der Waals surface area contributed by atoms with Gasteiger partial charge in [0.2, 0.25) is 0 Å². The molecule has 0 radical (unpaired) electrons. The van der Waals surface area contributed by atoms with Crippen LogP contribution in [0.1, 0.15) is 43.4 Å². The molecule has 1 aliphatic rings. The van der Waals surface area contributed by atoms with Crippen molar-refractivity contribution in [3.63, 3.8) is 0 Å². The van der Waals surface area contributed by atoms with Crippen molar-refractivity contribution in [1.29, 1.82) is 0 Å². The van der Waals surface area contributed by atoms with E-state index in [1.165, 1.54) is 24.2 Å². The summed E-state index contributed by atoms with van der Waals surface area (Å²) in [7, 11) is 0. The number of hydrogen-bond acceptors (Lipinski definition) is 3. The van der Waals surface area contributed by atoms with Gasteiger partial charge < -0.3 is 4.57 Å². The van der Waals surface area contributed by atoms with Crippen molar-refractivity contribution in [1.82, 2.24) is 4.57 Å². The Morgan fingerprint density at radius 2 is 1.68 bits per heavy atom. The zero-order valence-electron chi connectivity index (χ0n) is 22.5. The van der Waals surface area contributed by atoms with Gasteiger partial charge in [-0.15, -0.1) is 34.6 Å². The van der Waals surface area contributed by atoms with E-state index in [1.807, 2.05) is 55.5 Å². The molecule has 1 aromatic heterocycles. The van der Waals surface area contributed by atoms with Gasteiger partial charge in [0.05, 0.1) is 0 Å². The van der Waals surface area contributed by atoms with Crippen molar-refractivity contribution >= 4 is 22.2 Å². The Bertz CT molecular complexity index is 1610. The molecule has 196 valence electrons. The molecule has 0 N–H and O–H groups in total. The van der Waals surface area contributed by atoms with E-state index in [1.54, 1.807) is 24.3 Å². The summed E-state index contributed by atoms with van der Waals surface area (Å²) in [5.74, 6) is 0.358. The standard InChI is InChI=1S/C24H18F2NO.C9H9NO.Rb/c25-18-10-12-19(13-11-18)27-22-7-2-1-6-21(22)23(24(27)17-4-3-5-17)16-8-14-20(28-26)15-9-16;1-7(2)8-3-5-9(10-11)6-4-8;/h1-2,7-15,17H,3-5H2;3-6H,1H2,2H3;/q-1;;+1. The van der Waals surface area contributed by atoms with Crippen molar-refractivity contribution in [2.24, 2.45) is 5.18 Å². The normalized spacial score (nSPS) is 12.5. The van der Waals surface area contributed by atoms with Crippen LogP contribution in [0, 0.1) is 16.8 Å². The first kappa shape index (κ1) is 30.2. The Kier molecular flexibility index (Phi) is 10.4. The number of nitrogens with zero attached hydrogens (tertiary/aromatic N) is 2. The first-order valence-corrected chi connectivity index (χ1v) is 12.8. The van der Waals surface area contributed by atoms with E-state index in [9.17, 15) is 13.8 Å². The molecule has 6 rings (SSSR count). The van der Waals surface area contributed by atoms with Gasteiger partial charge in [-0.25, -0.2) is 4.39 Å². The van der Waals surface area contributed by atoms with E-state index >= 15 is 0 Å². The van der Waals surface area contributed by atoms with Gasteiger partial charge in [0.15, 0.2) is 5.75 Å². The summed E-state index contributed by atoms with van der Waals surface area (Å²) < 4.78 is 28.3. The van der Waals surface area contributed by atoms with Gasteiger partial charge >= 0.3 is 58.2 Å². The molecule has 0 atom stereocenters. The largest absolute Gasteiger partial charge is 1.00 e. The third-order valence-electron chi connectivity index (χ3n) is 7.10. The van der Waals surface area contributed by atoms with Crippen LogP contribution in [0.15, 0.2) is 103 Å². The van der Waals surface area contributed by atoms with Crippen LogP contribution in [0.25, 0.3) is 33.3 Å². The molecule has 0 aliphatic heterocycles. The average Bonchev–Trinajstić information content (AvgIpc) is 3.27. The molecule has 7 heteroatoms. The van der Waals surface area contributed by atoms with Gasteiger partial charge in [-0.3, -0.25) is 4.94 Å². The van der Waals surface area contributed by atoms with Gasteiger partial charge in [-0.05, 0) is 96.2 Å². The Labute approximate surface area is 281 Å². The SMILES string of the molecule is C=C(C)c1ccc(N=O)cc1.FOc1ccc(-c2c(C3CCC3)n(-c3ccc(F)cc3)c3ccc[c-]c23)cc1.[Rb+]. The van der Waals surface area contributed by atoms with Crippen LogP contribution in [-0.4, -0.2) is 4.57 Å². The number of nitroso groups, excluding NO2 is 1. The molecule has 5 aromatic rings. The summed E-state index contributed by atoms with van der Waals surface area (Å²) in [4.78, 5) is 13.9. The zero-order valence-corrected chi connectivity index (χ0v) is 27.4. The minimum atomic E-state index is -0.251. The summed E-state index contributed by atoms with van der Waals surface area (Å²) in [6.07, 6.45) is 3.44. The number of rotatable bonds is 6. The van der Waals surface area contributed by atoms with Crippen molar-refractivity contribution < 1.29 is 72.0 Å². The number of benzene rings is 4. The van der Waals surface area contributed by atoms with E-state index in [0.29, 0.717) is 11.6 Å². The maximum atomic E-state index is 13.5. The van der Waals surface area contributed by atoms with Crippen LogP contribution >= 0.6 is 0 Å². The molecular weight excluding hydrogens is 580 g/mol. The van der Waals surface area contributed by atoms with Gasteiger partial charge in [0.1, 0.15) is 11.5 Å².